The minimum atomic E-state index is -1.53. The van der Waals surface area contributed by atoms with Crippen molar-refractivity contribution in [1.82, 2.24) is 4.90 Å². The van der Waals surface area contributed by atoms with Gasteiger partial charge in [0.1, 0.15) is 5.75 Å². The van der Waals surface area contributed by atoms with Gasteiger partial charge in [-0.3, -0.25) is 4.79 Å². The summed E-state index contributed by atoms with van der Waals surface area (Å²) >= 11 is 7.10. The number of hydrogen-bond donors (Lipinski definition) is 1. The number of carbonyl (C=O) groups is 3. The molecule has 7 nitrogen and oxygen atoms in total. The standard InChI is InChI=1S/C20H18ClNO6S/c1-10-11(2)29-20(19(26)28-4)15(18(25)27-3)7-12(9-22(10)20)17(24)14-8-13(21)5-6-16(14)23/h5-9,23H,1-4H3/t20-/m1/s1. The first-order chi connectivity index (χ1) is 13.7. The Hall–Kier alpha value is -2.71. The number of benzene rings is 1. The van der Waals surface area contributed by atoms with E-state index >= 15 is 0 Å². The molecule has 0 saturated carbocycles. The molecule has 0 spiro atoms. The summed E-state index contributed by atoms with van der Waals surface area (Å²) in [6.45, 7) is 3.57. The summed E-state index contributed by atoms with van der Waals surface area (Å²) in [4.78, 5) is 39.3. The van der Waals surface area contributed by atoms with Gasteiger partial charge >= 0.3 is 11.9 Å². The van der Waals surface area contributed by atoms with Crippen LogP contribution in [0.1, 0.15) is 24.2 Å². The molecule has 1 atom stereocenters. The Balaban J connectivity index is 2.21. The molecular weight excluding hydrogens is 418 g/mol. The lowest BCUT2D eigenvalue weighted by molar-refractivity contribution is -0.149. The molecule has 0 unspecified atom stereocenters. The van der Waals surface area contributed by atoms with Gasteiger partial charge in [0.25, 0.3) is 0 Å². The highest BCUT2D eigenvalue weighted by Gasteiger charge is 2.57. The lowest BCUT2D eigenvalue weighted by Crippen LogP contribution is -2.52. The molecule has 2 aliphatic rings. The van der Waals surface area contributed by atoms with E-state index in [1.807, 2.05) is 0 Å². The number of aromatic hydroxyl groups is 1. The van der Waals surface area contributed by atoms with Crippen LogP contribution in [0.5, 0.6) is 5.75 Å². The van der Waals surface area contributed by atoms with Crippen molar-refractivity contribution in [2.24, 2.45) is 0 Å². The summed E-state index contributed by atoms with van der Waals surface area (Å²) < 4.78 is 9.86. The van der Waals surface area contributed by atoms with Gasteiger partial charge in [0.05, 0.1) is 25.4 Å². The number of methoxy groups -OCH3 is 2. The Morgan fingerprint density at radius 3 is 2.48 bits per heavy atom. The molecule has 0 fully saturated rings. The van der Waals surface area contributed by atoms with Crippen LogP contribution in [0, 0.1) is 0 Å². The lowest BCUT2D eigenvalue weighted by Gasteiger charge is -2.38. The van der Waals surface area contributed by atoms with Crippen LogP contribution in [0.4, 0.5) is 0 Å². The molecule has 0 amide bonds. The zero-order valence-electron chi connectivity index (χ0n) is 16.1. The average Bonchev–Trinajstić information content (AvgIpc) is 2.98. The van der Waals surface area contributed by atoms with Crippen molar-refractivity contribution in [3.63, 3.8) is 0 Å². The summed E-state index contributed by atoms with van der Waals surface area (Å²) in [5.74, 6) is -2.27. The monoisotopic (exact) mass is 435 g/mol. The van der Waals surface area contributed by atoms with E-state index in [0.29, 0.717) is 5.70 Å². The van der Waals surface area contributed by atoms with E-state index in [0.717, 1.165) is 16.7 Å². The number of phenolic OH excluding ortho intramolecular Hbond substituents is 1. The molecule has 152 valence electrons. The van der Waals surface area contributed by atoms with E-state index in [1.54, 1.807) is 13.8 Å². The summed E-state index contributed by atoms with van der Waals surface area (Å²) in [5.41, 5.74) is 0.674. The maximum atomic E-state index is 13.1. The lowest BCUT2D eigenvalue weighted by atomic mass is 9.93. The fourth-order valence-electron chi connectivity index (χ4n) is 3.22. The van der Waals surface area contributed by atoms with E-state index in [4.69, 9.17) is 21.1 Å². The minimum Gasteiger partial charge on any atom is -0.507 e. The number of carbonyl (C=O) groups excluding carboxylic acids is 3. The number of Topliss-reactive ketones (excluding diaryl/α,β-unsaturated/α-hetero) is 1. The molecule has 1 N–H and O–H groups in total. The molecule has 1 aromatic rings. The number of phenols is 1. The first kappa shape index (κ1) is 21.0. The number of ketones is 1. The van der Waals surface area contributed by atoms with Gasteiger partial charge in [-0.2, -0.15) is 0 Å². The zero-order chi connectivity index (χ0) is 21.5. The van der Waals surface area contributed by atoms with Crippen molar-refractivity contribution >= 4 is 41.1 Å². The van der Waals surface area contributed by atoms with E-state index in [-0.39, 0.29) is 27.5 Å². The predicted octanol–water partition coefficient (Wildman–Crippen LogP) is 3.39. The highest BCUT2D eigenvalue weighted by atomic mass is 35.5. The number of nitrogens with zero attached hydrogens (tertiary/aromatic N) is 1. The maximum absolute atomic E-state index is 13.1. The normalized spacial score (nSPS) is 20.7. The molecule has 0 aliphatic carbocycles. The third-order valence-electron chi connectivity index (χ3n) is 4.78. The molecular formula is C20H18ClNO6S. The third-order valence-corrected chi connectivity index (χ3v) is 6.49. The van der Waals surface area contributed by atoms with Crippen LogP contribution in [0.15, 0.2) is 52.2 Å². The number of ether oxygens (including phenoxy) is 2. The molecule has 0 aromatic heterocycles. The topological polar surface area (TPSA) is 93.1 Å². The molecule has 2 heterocycles. The quantitative estimate of drug-likeness (QED) is 0.568. The third kappa shape index (κ3) is 3.22. The molecule has 0 saturated heterocycles. The molecule has 2 aliphatic heterocycles. The highest BCUT2D eigenvalue weighted by Crippen LogP contribution is 2.53. The molecule has 29 heavy (non-hydrogen) atoms. The van der Waals surface area contributed by atoms with Gasteiger partial charge in [-0.1, -0.05) is 23.4 Å². The Bertz CT molecular complexity index is 1030. The predicted molar refractivity (Wildman–Crippen MR) is 108 cm³/mol. The van der Waals surface area contributed by atoms with E-state index in [9.17, 15) is 19.5 Å². The van der Waals surface area contributed by atoms with Gasteiger partial charge < -0.3 is 19.5 Å². The van der Waals surface area contributed by atoms with Crippen molar-refractivity contribution in [3.05, 3.63) is 62.8 Å². The van der Waals surface area contributed by atoms with Crippen molar-refractivity contribution < 1.29 is 29.0 Å². The smallest absolute Gasteiger partial charge is 0.348 e. The SMILES string of the molecule is COC(=O)C1=CC(C(=O)c2cc(Cl)ccc2O)=CN2C(C)=C(C)S[C@@]12C(=O)OC. The number of rotatable bonds is 4. The largest absolute Gasteiger partial charge is 0.507 e. The summed E-state index contributed by atoms with van der Waals surface area (Å²) in [6, 6.07) is 4.10. The second-order valence-corrected chi connectivity index (χ2v) is 8.22. The summed E-state index contributed by atoms with van der Waals surface area (Å²) in [7, 11) is 2.41. The van der Waals surface area contributed by atoms with Crippen molar-refractivity contribution in [1.29, 1.82) is 0 Å². The highest BCUT2D eigenvalue weighted by molar-refractivity contribution is 8.05. The molecule has 3 rings (SSSR count). The zero-order valence-corrected chi connectivity index (χ0v) is 17.7. The molecule has 1 aromatic carbocycles. The fourth-order valence-corrected chi connectivity index (χ4v) is 4.79. The number of allylic oxidation sites excluding steroid dienone is 4. The fraction of sp³-hybridized carbons (Fsp3) is 0.250. The van der Waals surface area contributed by atoms with Crippen LogP contribution in [0.25, 0.3) is 0 Å². The molecule has 0 bridgehead atoms. The number of hydrogen-bond acceptors (Lipinski definition) is 8. The van der Waals surface area contributed by atoms with E-state index < -0.39 is 22.6 Å². The average molecular weight is 436 g/mol. The Labute approximate surface area is 176 Å². The van der Waals surface area contributed by atoms with Crippen LogP contribution in [0.2, 0.25) is 5.02 Å². The minimum absolute atomic E-state index is 0.0278. The van der Waals surface area contributed by atoms with Crippen LogP contribution < -0.4 is 0 Å². The van der Waals surface area contributed by atoms with Gasteiger partial charge in [0.15, 0.2) is 5.78 Å². The van der Waals surface area contributed by atoms with Crippen LogP contribution >= 0.6 is 23.4 Å². The van der Waals surface area contributed by atoms with Crippen molar-refractivity contribution in [2.75, 3.05) is 14.2 Å². The van der Waals surface area contributed by atoms with Crippen LogP contribution in [-0.2, 0) is 19.1 Å². The second kappa shape index (κ2) is 7.61. The first-order valence-electron chi connectivity index (χ1n) is 8.47. The van der Waals surface area contributed by atoms with Crippen LogP contribution in [-0.4, -0.2) is 46.8 Å². The number of thioether (sulfide) groups is 1. The van der Waals surface area contributed by atoms with Crippen molar-refractivity contribution in [2.45, 2.75) is 18.7 Å². The Morgan fingerprint density at radius 2 is 1.86 bits per heavy atom. The summed E-state index contributed by atoms with van der Waals surface area (Å²) in [5, 5.41) is 10.4. The number of halogens is 1. The van der Waals surface area contributed by atoms with E-state index in [1.165, 1.54) is 49.6 Å². The maximum Gasteiger partial charge on any atom is 0.348 e. The van der Waals surface area contributed by atoms with Gasteiger partial charge in [-0.15, -0.1) is 0 Å². The first-order valence-corrected chi connectivity index (χ1v) is 9.66. The Morgan fingerprint density at radius 1 is 1.17 bits per heavy atom. The van der Waals surface area contributed by atoms with Crippen molar-refractivity contribution in [3.8, 4) is 5.75 Å². The number of fused-ring (bicyclic) bond motifs is 1. The van der Waals surface area contributed by atoms with Gasteiger partial charge in [0.2, 0.25) is 4.87 Å². The second-order valence-electron chi connectivity index (χ2n) is 6.37. The van der Waals surface area contributed by atoms with E-state index in [2.05, 4.69) is 0 Å². The van der Waals surface area contributed by atoms with Gasteiger partial charge in [-0.25, -0.2) is 9.59 Å². The molecule has 9 heteroatoms. The van der Waals surface area contributed by atoms with Crippen LogP contribution in [0.3, 0.4) is 0 Å². The summed E-state index contributed by atoms with van der Waals surface area (Å²) in [6.07, 6.45) is 2.76. The molecule has 0 radical (unpaired) electrons. The van der Waals surface area contributed by atoms with Gasteiger partial charge in [-0.05, 0) is 38.1 Å². The Kier molecular flexibility index (Phi) is 5.51. The van der Waals surface area contributed by atoms with Gasteiger partial charge in [0, 0.05) is 27.4 Å². The number of esters is 2.